The van der Waals surface area contributed by atoms with Gasteiger partial charge in [-0.1, -0.05) is 12.2 Å². The van der Waals surface area contributed by atoms with Crippen molar-refractivity contribution in [3.63, 3.8) is 0 Å². The summed E-state index contributed by atoms with van der Waals surface area (Å²) < 4.78 is 4.89. The maximum atomic E-state index is 11.7. The van der Waals surface area contributed by atoms with Gasteiger partial charge in [-0.25, -0.2) is 4.79 Å². The van der Waals surface area contributed by atoms with Crippen LogP contribution in [0.15, 0.2) is 28.9 Å². The van der Waals surface area contributed by atoms with E-state index in [1.807, 2.05) is 0 Å². The molecule has 0 bridgehead atoms. The van der Waals surface area contributed by atoms with Crippen molar-refractivity contribution in [1.29, 1.82) is 0 Å². The van der Waals surface area contributed by atoms with E-state index in [9.17, 15) is 9.59 Å². The van der Waals surface area contributed by atoms with Crippen LogP contribution in [-0.2, 0) is 0 Å². The highest BCUT2D eigenvalue weighted by Gasteiger charge is 2.17. The number of carbonyl (C=O) groups excluding carboxylic acids is 1. The SMILES string of the molecule is C=C(C)CN(C)C(=O)c1cc(C(=O)O)co1. The van der Waals surface area contributed by atoms with E-state index in [1.54, 1.807) is 14.0 Å². The summed E-state index contributed by atoms with van der Waals surface area (Å²) in [5, 5.41) is 8.66. The molecule has 1 N–H and O–H groups in total. The van der Waals surface area contributed by atoms with E-state index < -0.39 is 5.97 Å². The van der Waals surface area contributed by atoms with Gasteiger partial charge in [-0.2, -0.15) is 0 Å². The van der Waals surface area contributed by atoms with Crippen LogP contribution in [0.2, 0.25) is 0 Å². The lowest BCUT2D eigenvalue weighted by molar-refractivity contribution is 0.0695. The first-order valence-corrected chi connectivity index (χ1v) is 4.63. The number of furan rings is 1. The summed E-state index contributed by atoms with van der Waals surface area (Å²) in [6.07, 6.45) is 1.05. The minimum absolute atomic E-state index is 0.0150. The Kier molecular flexibility index (Phi) is 3.50. The molecule has 5 nitrogen and oxygen atoms in total. The van der Waals surface area contributed by atoms with Crippen molar-refractivity contribution in [2.45, 2.75) is 6.92 Å². The molecule has 0 radical (unpaired) electrons. The van der Waals surface area contributed by atoms with Crippen LogP contribution in [-0.4, -0.2) is 35.5 Å². The van der Waals surface area contributed by atoms with Crippen LogP contribution >= 0.6 is 0 Å². The predicted molar refractivity (Wildman–Crippen MR) is 57.4 cm³/mol. The minimum Gasteiger partial charge on any atom is -0.478 e. The number of likely N-dealkylation sites (N-methyl/N-ethyl adjacent to an activating group) is 1. The van der Waals surface area contributed by atoms with Gasteiger partial charge in [-0.15, -0.1) is 0 Å². The molecule has 0 aliphatic heterocycles. The fourth-order valence-electron chi connectivity index (χ4n) is 1.23. The van der Waals surface area contributed by atoms with E-state index in [2.05, 4.69) is 6.58 Å². The first kappa shape index (κ1) is 12.0. The summed E-state index contributed by atoms with van der Waals surface area (Å²) in [5.41, 5.74) is 0.799. The van der Waals surface area contributed by atoms with E-state index >= 15 is 0 Å². The summed E-state index contributed by atoms with van der Waals surface area (Å²) in [5.74, 6) is -1.47. The molecule has 1 aromatic heterocycles. The molecule has 0 aromatic carbocycles. The molecule has 1 amide bonds. The zero-order valence-corrected chi connectivity index (χ0v) is 9.19. The summed E-state index contributed by atoms with van der Waals surface area (Å²) >= 11 is 0. The van der Waals surface area contributed by atoms with Gasteiger partial charge in [0.05, 0.1) is 5.56 Å². The van der Waals surface area contributed by atoms with Crippen LogP contribution in [0.4, 0.5) is 0 Å². The van der Waals surface area contributed by atoms with Gasteiger partial charge >= 0.3 is 5.97 Å². The molecule has 0 atom stereocenters. The topological polar surface area (TPSA) is 70.8 Å². The van der Waals surface area contributed by atoms with Crippen LogP contribution in [0.5, 0.6) is 0 Å². The molecule has 0 saturated heterocycles. The Balaban J connectivity index is 2.80. The van der Waals surface area contributed by atoms with E-state index in [-0.39, 0.29) is 17.2 Å². The van der Waals surface area contributed by atoms with Gasteiger partial charge in [-0.3, -0.25) is 4.79 Å². The average molecular weight is 223 g/mol. The molecule has 86 valence electrons. The third-order valence-electron chi connectivity index (χ3n) is 1.91. The molecule has 0 spiro atoms. The maximum absolute atomic E-state index is 11.7. The highest BCUT2D eigenvalue weighted by molar-refractivity contribution is 5.95. The number of amides is 1. The van der Waals surface area contributed by atoms with Crippen molar-refractivity contribution < 1.29 is 19.1 Å². The Bertz CT molecular complexity index is 433. The molecule has 1 rings (SSSR count). The number of nitrogens with zero attached hydrogens (tertiary/aromatic N) is 1. The predicted octanol–water partition coefficient (Wildman–Crippen LogP) is 1.63. The van der Waals surface area contributed by atoms with Crippen LogP contribution in [0.1, 0.15) is 27.8 Å². The highest BCUT2D eigenvalue weighted by atomic mass is 16.4. The van der Waals surface area contributed by atoms with E-state index in [1.165, 1.54) is 11.0 Å². The summed E-state index contributed by atoms with van der Waals surface area (Å²) in [6.45, 7) is 5.89. The number of hydrogen-bond donors (Lipinski definition) is 1. The molecule has 5 heteroatoms. The molecule has 0 fully saturated rings. The third kappa shape index (κ3) is 2.73. The molecular weight excluding hydrogens is 210 g/mol. The molecular formula is C11H13NO4. The summed E-state index contributed by atoms with van der Waals surface area (Å²) in [6, 6.07) is 1.21. The Hall–Kier alpha value is -2.04. The fraction of sp³-hybridized carbons (Fsp3) is 0.273. The van der Waals surface area contributed by atoms with Gasteiger partial charge in [0.25, 0.3) is 5.91 Å². The molecule has 0 unspecified atom stereocenters. The second-order valence-corrected chi connectivity index (χ2v) is 3.62. The zero-order chi connectivity index (χ0) is 12.3. The standard InChI is InChI=1S/C11H13NO4/c1-7(2)5-12(3)10(13)9-4-8(6-16-9)11(14)15/h4,6H,1,5H2,2-3H3,(H,14,15). The summed E-state index contributed by atoms with van der Waals surface area (Å²) in [7, 11) is 1.60. The maximum Gasteiger partial charge on any atom is 0.338 e. The fourth-order valence-corrected chi connectivity index (χ4v) is 1.23. The highest BCUT2D eigenvalue weighted by Crippen LogP contribution is 2.10. The number of carboxylic acid groups (broad SMARTS) is 1. The van der Waals surface area contributed by atoms with Gasteiger partial charge < -0.3 is 14.4 Å². The van der Waals surface area contributed by atoms with Crippen LogP contribution in [0, 0.1) is 0 Å². The van der Waals surface area contributed by atoms with Gasteiger partial charge in [0, 0.05) is 19.7 Å². The minimum atomic E-state index is -1.12. The van der Waals surface area contributed by atoms with Crippen molar-refractivity contribution in [2.75, 3.05) is 13.6 Å². The van der Waals surface area contributed by atoms with Gasteiger partial charge in [0.2, 0.25) is 0 Å². The molecule has 0 saturated carbocycles. The normalized spacial score (nSPS) is 9.88. The Morgan fingerprint density at radius 2 is 2.19 bits per heavy atom. The first-order valence-electron chi connectivity index (χ1n) is 4.63. The lowest BCUT2D eigenvalue weighted by atomic mass is 10.3. The quantitative estimate of drug-likeness (QED) is 0.787. The second kappa shape index (κ2) is 4.65. The van der Waals surface area contributed by atoms with Crippen molar-refractivity contribution in [3.05, 3.63) is 35.8 Å². The zero-order valence-electron chi connectivity index (χ0n) is 9.19. The van der Waals surface area contributed by atoms with Crippen molar-refractivity contribution in [1.82, 2.24) is 4.90 Å². The number of rotatable bonds is 4. The second-order valence-electron chi connectivity index (χ2n) is 3.62. The largest absolute Gasteiger partial charge is 0.478 e. The number of carbonyl (C=O) groups is 2. The van der Waals surface area contributed by atoms with Gasteiger partial charge in [0.1, 0.15) is 6.26 Å². The monoisotopic (exact) mass is 223 g/mol. The van der Waals surface area contributed by atoms with Crippen LogP contribution in [0.25, 0.3) is 0 Å². The lowest BCUT2D eigenvalue weighted by Crippen LogP contribution is -2.27. The van der Waals surface area contributed by atoms with Crippen LogP contribution < -0.4 is 0 Å². The first-order chi connectivity index (χ1) is 7.41. The van der Waals surface area contributed by atoms with E-state index in [4.69, 9.17) is 9.52 Å². The van der Waals surface area contributed by atoms with Crippen LogP contribution in [0.3, 0.4) is 0 Å². The summed E-state index contributed by atoms with van der Waals surface area (Å²) in [4.78, 5) is 23.7. The average Bonchev–Trinajstić information content (AvgIpc) is 2.64. The third-order valence-corrected chi connectivity index (χ3v) is 1.91. The Labute approximate surface area is 93.0 Å². The Morgan fingerprint density at radius 1 is 1.56 bits per heavy atom. The molecule has 1 aromatic rings. The molecule has 0 aliphatic rings. The van der Waals surface area contributed by atoms with Gasteiger partial charge in [0.15, 0.2) is 5.76 Å². The van der Waals surface area contributed by atoms with E-state index in [0.717, 1.165) is 11.8 Å². The smallest absolute Gasteiger partial charge is 0.338 e. The molecule has 16 heavy (non-hydrogen) atoms. The number of hydrogen-bond acceptors (Lipinski definition) is 3. The lowest BCUT2D eigenvalue weighted by Gasteiger charge is -2.14. The Morgan fingerprint density at radius 3 is 2.62 bits per heavy atom. The molecule has 1 heterocycles. The molecule has 0 aliphatic carbocycles. The number of carboxylic acids is 1. The van der Waals surface area contributed by atoms with Crippen molar-refractivity contribution >= 4 is 11.9 Å². The van der Waals surface area contributed by atoms with Gasteiger partial charge in [-0.05, 0) is 6.92 Å². The van der Waals surface area contributed by atoms with E-state index in [0.29, 0.717) is 6.54 Å². The number of aromatic carboxylic acids is 1. The van der Waals surface area contributed by atoms with Crippen molar-refractivity contribution in [3.8, 4) is 0 Å². The van der Waals surface area contributed by atoms with Crippen molar-refractivity contribution in [2.24, 2.45) is 0 Å².